The molecule has 10 heteroatoms. The van der Waals surface area contributed by atoms with E-state index in [9.17, 15) is 23.1 Å². The standard InChI is InChI=1S/C18H15ClF3N3O3/c19-16-7-13(5-4-11(16)8-23)25-17(27)24-9-14(26)10-28-15-3-1-2-12(6-15)18(20,21)22/h1-7,14,26H,9-10H2,(H2,24,25,27). The van der Waals surface area contributed by atoms with Crippen LogP contribution in [0.5, 0.6) is 5.75 Å². The van der Waals surface area contributed by atoms with Gasteiger partial charge in [-0.1, -0.05) is 17.7 Å². The van der Waals surface area contributed by atoms with E-state index in [0.717, 1.165) is 12.1 Å². The van der Waals surface area contributed by atoms with Crippen molar-refractivity contribution in [3.05, 3.63) is 58.6 Å². The summed E-state index contributed by atoms with van der Waals surface area (Å²) < 4.78 is 43.0. The van der Waals surface area contributed by atoms with Gasteiger partial charge in [0.25, 0.3) is 0 Å². The summed E-state index contributed by atoms with van der Waals surface area (Å²) in [5.74, 6) is -0.0504. The van der Waals surface area contributed by atoms with Crippen LogP contribution in [0.3, 0.4) is 0 Å². The van der Waals surface area contributed by atoms with Crippen LogP contribution in [-0.4, -0.2) is 30.4 Å². The van der Waals surface area contributed by atoms with E-state index in [4.69, 9.17) is 21.6 Å². The van der Waals surface area contributed by atoms with Crippen LogP contribution in [0, 0.1) is 11.3 Å². The third-order valence-corrected chi connectivity index (χ3v) is 3.76. The van der Waals surface area contributed by atoms with Gasteiger partial charge in [0.05, 0.1) is 16.1 Å². The highest BCUT2D eigenvalue weighted by Crippen LogP contribution is 2.31. The van der Waals surface area contributed by atoms with Crippen molar-refractivity contribution in [2.75, 3.05) is 18.5 Å². The van der Waals surface area contributed by atoms with Gasteiger partial charge in [0, 0.05) is 12.2 Å². The molecule has 0 aliphatic rings. The molecule has 1 atom stereocenters. The predicted molar refractivity (Wildman–Crippen MR) is 96.1 cm³/mol. The van der Waals surface area contributed by atoms with E-state index in [0.29, 0.717) is 5.69 Å². The van der Waals surface area contributed by atoms with Crippen LogP contribution in [-0.2, 0) is 6.18 Å². The highest BCUT2D eigenvalue weighted by atomic mass is 35.5. The lowest BCUT2D eigenvalue weighted by Crippen LogP contribution is -2.37. The lowest BCUT2D eigenvalue weighted by molar-refractivity contribution is -0.137. The second-order valence-electron chi connectivity index (χ2n) is 5.63. The Morgan fingerprint density at radius 2 is 2.04 bits per heavy atom. The lowest BCUT2D eigenvalue weighted by Gasteiger charge is -2.15. The molecule has 0 fully saturated rings. The Morgan fingerprint density at radius 1 is 1.29 bits per heavy atom. The van der Waals surface area contributed by atoms with Gasteiger partial charge in [-0.2, -0.15) is 18.4 Å². The highest BCUT2D eigenvalue weighted by molar-refractivity contribution is 6.32. The van der Waals surface area contributed by atoms with E-state index in [1.54, 1.807) is 0 Å². The fraction of sp³-hybridized carbons (Fsp3) is 0.222. The number of carbonyl (C=O) groups excluding carboxylic acids is 1. The third kappa shape index (κ3) is 6.33. The highest BCUT2D eigenvalue weighted by Gasteiger charge is 2.30. The molecule has 0 spiro atoms. The Labute approximate surface area is 163 Å². The topological polar surface area (TPSA) is 94.4 Å². The number of hydrogen-bond acceptors (Lipinski definition) is 4. The van der Waals surface area contributed by atoms with E-state index >= 15 is 0 Å². The number of ether oxygens (including phenoxy) is 1. The average Bonchev–Trinajstić information content (AvgIpc) is 2.64. The molecule has 0 radical (unpaired) electrons. The van der Waals surface area contributed by atoms with Crippen molar-refractivity contribution in [2.45, 2.75) is 12.3 Å². The first-order valence-corrected chi connectivity index (χ1v) is 8.29. The molecule has 6 nitrogen and oxygen atoms in total. The van der Waals surface area contributed by atoms with Gasteiger partial charge in [0.2, 0.25) is 0 Å². The molecule has 0 aliphatic heterocycles. The van der Waals surface area contributed by atoms with Gasteiger partial charge in [0.1, 0.15) is 24.5 Å². The van der Waals surface area contributed by atoms with Gasteiger partial charge in [-0.3, -0.25) is 0 Å². The van der Waals surface area contributed by atoms with Gasteiger partial charge in [0.15, 0.2) is 0 Å². The SMILES string of the molecule is N#Cc1ccc(NC(=O)NCC(O)COc2cccc(C(F)(F)F)c2)cc1Cl. The molecule has 28 heavy (non-hydrogen) atoms. The molecule has 0 aliphatic carbocycles. The zero-order valence-corrected chi connectivity index (χ0v) is 15.0. The van der Waals surface area contributed by atoms with Gasteiger partial charge in [-0.05, 0) is 36.4 Å². The van der Waals surface area contributed by atoms with Crippen LogP contribution in [0.25, 0.3) is 0 Å². The van der Waals surface area contributed by atoms with Crippen LogP contribution in [0.4, 0.5) is 23.7 Å². The predicted octanol–water partition coefficient (Wildman–Crippen LogP) is 3.79. The minimum absolute atomic E-state index is 0.0504. The molecular formula is C18H15ClF3N3O3. The monoisotopic (exact) mass is 413 g/mol. The molecule has 3 N–H and O–H groups in total. The Bertz CT molecular complexity index is 884. The molecular weight excluding hydrogens is 399 g/mol. The first-order chi connectivity index (χ1) is 13.2. The fourth-order valence-corrected chi connectivity index (χ4v) is 2.31. The van der Waals surface area contributed by atoms with Crippen LogP contribution in [0.1, 0.15) is 11.1 Å². The van der Waals surface area contributed by atoms with Crippen molar-refractivity contribution in [1.82, 2.24) is 5.32 Å². The van der Waals surface area contributed by atoms with Gasteiger partial charge >= 0.3 is 12.2 Å². The van der Waals surface area contributed by atoms with Gasteiger partial charge in [-0.15, -0.1) is 0 Å². The number of amides is 2. The number of carbonyl (C=O) groups is 1. The molecule has 2 aromatic rings. The number of alkyl halides is 3. The molecule has 0 saturated carbocycles. The number of benzene rings is 2. The quantitative estimate of drug-likeness (QED) is 0.671. The Balaban J connectivity index is 1.79. The molecule has 2 amide bonds. The number of hydrogen-bond donors (Lipinski definition) is 3. The molecule has 0 saturated heterocycles. The number of urea groups is 1. The Hall–Kier alpha value is -2.96. The maximum Gasteiger partial charge on any atom is 0.416 e. The first-order valence-electron chi connectivity index (χ1n) is 7.91. The summed E-state index contributed by atoms with van der Waals surface area (Å²) in [6, 6.07) is 9.82. The number of rotatable bonds is 6. The van der Waals surface area contributed by atoms with E-state index in [-0.39, 0.29) is 29.5 Å². The largest absolute Gasteiger partial charge is 0.491 e. The van der Waals surface area contributed by atoms with Gasteiger partial charge in [-0.25, -0.2) is 4.79 Å². The summed E-state index contributed by atoms with van der Waals surface area (Å²) in [7, 11) is 0. The number of anilines is 1. The first kappa shape index (κ1) is 21.3. The summed E-state index contributed by atoms with van der Waals surface area (Å²) in [6.07, 6.45) is -5.64. The summed E-state index contributed by atoms with van der Waals surface area (Å²) in [6.45, 7) is -0.515. The van der Waals surface area contributed by atoms with Crippen molar-refractivity contribution in [3.63, 3.8) is 0 Å². The number of aliphatic hydroxyl groups excluding tert-OH is 1. The summed E-state index contributed by atoms with van der Waals surface area (Å²) >= 11 is 5.86. The zero-order chi connectivity index (χ0) is 20.7. The Morgan fingerprint density at radius 3 is 2.68 bits per heavy atom. The molecule has 1 unspecified atom stereocenters. The van der Waals surface area contributed by atoms with E-state index in [2.05, 4.69) is 10.6 Å². The maximum atomic E-state index is 12.6. The maximum absolute atomic E-state index is 12.6. The second-order valence-corrected chi connectivity index (χ2v) is 6.04. The number of aliphatic hydroxyl groups is 1. The summed E-state index contributed by atoms with van der Waals surface area (Å²) in [5.41, 5.74) is -0.260. The molecule has 148 valence electrons. The molecule has 0 aromatic heterocycles. The minimum atomic E-state index is -4.49. The normalized spacial score (nSPS) is 12.0. The zero-order valence-electron chi connectivity index (χ0n) is 14.3. The van der Waals surface area contributed by atoms with Crippen LogP contribution in [0.15, 0.2) is 42.5 Å². The Kier molecular flexibility index (Phi) is 7.09. The second kappa shape index (κ2) is 9.30. The van der Waals surface area contributed by atoms with Crippen LogP contribution < -0.4 is 15.4 Å². The fourth-order valence-electron chi connectivity index (χ4n) is 2.08. The third-order valence-electron chi connectivity index (χ3n) is 3.45. The van der Waals surface area contributed by atoms with Crippen molar-refractivity contribution in [3.8, 4) is 11.8 Å². The van der Waals surface area contributed by atoms with E-state index in [1.807, 2.05) is 6.07 Å². The number of halogens is 4. The number of nitrogens with zero attached hydrogens (tertiary/aromatic N) is 1. The summed E-state index contributed by atoms with van der Waals surface area (Å²) in [4.78, 5) is 11.8. The van der Waals surface area contributed by atoms with Crippen LogP contribution in [0.2, 0.25) is 5.02 Å². The number of nitrogens with one attached hydrogen (secondary N) is 2. The molecule has 2 aromatic carbocycles. The van der Waals surface area contributed by atoms with Gasteiger partial charge < -0.3 is 20.5 Å². The van der Waals surface area contributed by atoms with Crippen molar-refractivity contribution in [1.29, 1.82) is 5.26 Å². The van der Waals surface area contributed by atoms with Crippen molar-refractivity contribution in [2.24, 2.45) is 0 Å². The smallest absolute Gasteiger partial charge is 0.416 e. The summed E-state index contributed by atoms with van der Waals surface area (Å²) in [5, 5.41) is 23.6. The molecule has 0 heterocycles. The van der Waals surface area contributed by atoms with E-state index in [1.165, 1.54) is 30.3 Å². The molecule has 2 rings (SSSR count). The van der Waals surface area contributed by atoms with Crippen molar-refractivity contribution < 1.29 is 27.8 Å². The molecule has 0 bridgehead atoms. The van der Waals surface area contributed by atoms with Crippen LogP contribution >= 0.6 is 11.6 Å². The number of nitriles is 1. The lowest BCUT2D eigenvalue weighted by atomic mass is 10.2. The van der Waals surface area contributed by atoms with Crippen molar-refractivity contribution >= 4 is 23.3 Å². The minimum Gasteiger partial charge on any atom is -0.491 e. The van der Waals surface area contributed by atoms with E-state index < -0.39 is 23.9 Å². The average molecular weight is 414 g/mol.